The molecule has 0 fully saturated rings. The van der Waals surface area contributed by atoms with Crippen molar-refractivity contribution in [1.82, 2.24) is 5.01 Å². The molecule has 0 aromatic rings. The van der Waals surface area contributed by atoms with E-state index in [2.05, 4.69) is 13.8 Å². The fourth-order valence-electron chi connectivity index (χ4n) is 1.47. The first-order valence-electron chi connectivity index (χ1n) is 6.07. The summed E-state index contributed by atoms with van der Waals surface area (Å²) in [5.41, 5.74) is 5.67. The Morgan fingerprint density at radius 2 is 1.83 bits per heavy atom. The Morgan fingerprint density at radius 1 is 1.28 bits per heavy atom. The Kier molecular flexibility index (Phi) is 6.35. The largest absolute Gasteiger partial charge is 0.401 e. The van der Waals surface area contributed by atoms with Crippen molar-refractivity contribution >= 4 is 6.29 Å². The maximum absolute atomic E-state index is 10.8. The lowest BCUT2D eigenvalue weighted by Gasteiger charge is -2.30. The van der Waals surface area contributed by atoms with Crippen LogP contribution < -0.4 is 11.6 Å². The van der Waals surface area contributed by atoms with Crippen molar-refractivity contribution in [2.24, 2.45) is 22.4 Å². The number of ether oxygens (including phenoxy) is 1. The molecule has 0 saturated heterocycles. The fraction of sp³-hybridized carbons (Fsp3) is 0.769. The van der Waals surface area contributed by atoms with Gasteiger partial charge in [-0.25, -0.2) is 5.84 Å². The Labute approximate surface area is 110 Å². The van der Waals surface area contributed by atoms with Gasteiger partial charge in [-0.15, -0.1) is 0 Å². The van der Waals surface area contributed by atoms with E-state index in [-0.39, 0.29) is 5.41 Å². The summed E-state index contributed by atoms with van der Waals surface area (Å²) in [7, 11) is 0. The van der Waals surface area contributed by atoms with Crippen LogP contribution >= 0.6 is 0 Å². The summed E-state index contributed by atoms with van der Waals surface area (Å²) in [6.45, 7) is 11.2. The molecule has 0 aliphatic heterocycles. The van der Waals surface area contributed by atoms with E-state index in [1.807, 2.05) is 13.8 Å². The van der Waals surface area contributed by atoms with Gasteiger partial charge >= 0.3 is 0 Å². The van der Waals surface area contributed by atoms with Crippen molar-refractivity contribution in [3.63, 3.8) is 0 Å². The summed E-state index contributed by atoms with van der Waals surface area (Å²) in [6.07, 6.45) is 2.60. The predicted molar refractivity (Wildman–Crippen MR) is 73.3 cm³/mol. The van der Waals surface area contributed by atoms with Gasteiger partial charge in [0.05, 0.1) is 13.2 Å². The smallest absolute Gasteiger partial charge is 0.127 e. The zero-order valence-electron chi connectivity index (χ0n) is 12.2. The molecule has 18 heavy (non-hydrogen) atoms. The topological polar surface area (TPSA) is 81.6 Å². The summed E-state index contributed by atoms with van der Waals surface area (Å²) < 4.78 is 5.59. The lowest BCUT2D eigenvalue weighted by Crippen LogP contribution is -2.39. The third-order valence-corrected chi connectivity index (χ3v) is 2.27. The van der Waals surface area contributed by atoms with Crippen LogP contribution in [0.25, 0.3) is 0 Å². The standard InChI is InChI=1S/C13H27N3O2/c1-11(14)6-16(15)7-12(2,3)9-18-10-13(4,5)8-17/h6,8H,7,9-10,14-15H2,1-5H3/b11-6-. The van der Waals surface area contributed by atoms with Gasteiger partial charge in [-0.05, 0) is 6.92 Å². The minimum Gasteiger partial charge on any atom is -0.401 e. The van der Waals surface area contributed by atoms with Crippen molar-refractivity contribution in [3.8, 4) is 0 Å². The number of allylic oxidation sites excluding steroid dienone is 1. The van der Waals surface area contributed by atoms with Crippen LogP contribution in [-0.4, -0.2) is 31.1 Å². The van der Waals surface area contributed by atoms with Crippen molar-refractivity contribution in [2.75, 3.05) is 19.8 Å². The fourth-order valence-corrected chi connectivity index (χ4v) is 1.47. The molecule has 4 N–H and O–H groups in total. The highest BCUT2D eigenvalue weighted by Crippen LogP contribution is 2.19. The number of hydrogen-bond donors (Lipinski definition) is 2. The van der Waals surface area contributed by atoms with Crippen molar-refractivity contribution in [1.29, 1.82) is 0 Å². The molecule has 0 atom stereocenters. The maximum atomic E-state index is 10.8. The lowest BCUT2D eigenvalue weighted by atomic mass is 9.94. The number of hydrogen-bond acceptors (Lipinski definition) is 5. The first-order valence-corrected chi connectivity index (χ1v) is 6.07. The van der Waals surface area contributed by atoms with Crippen LogP contribution in [0.3, 0.4) is 0 Å². The Morgan fingerprint density at radius 3 is 2.28 bits per heavy atom. The molecule has 0 aliphatic carbocycles. The van der Waals surface area contributed by atoms with Gasteiger partial charge in [0.15, 0.2) is 0 Å². The van der Waals surface area contributed by atoms with E-state index in [1.165, 1.54) is 0 Å². The Bertz CT molecular complexity index is 295. The molecule has 0 aliphatic rings. The van der Waals surface area contributed by atoms with Gasteiger partial charge in [-0.2, -0.15) is 0 Å². The van der Waals surface area contributed by atoms with E-state index >= 15 is 0 Å². The molecular weight excluding hydrogens is 230 g/mol. The van der Waals surface area contributed by atoms with E-state index in [9.17, 15) is 4.79 Å². The molecule has 0 saturated carbocycles. The highest BCUT2D eigenvalue weighted by Gasteiger charge is 2.23. The molecule has 0 aromatic carbocycles. The van der Waals surface area contributed by atoms with Gasteiger partial charge in [-0.1, -0.05) is 27.7 Å². The molecule has 0 aromatic heterocycles. The molecular formula is C13H27N3O2. The maximum Gasteiger partial charge on any atom is 0.127 e. The molecule has 0 rings (SSSR count). The van der Waals surface area contributed by atoms with Crippen LogP contribution in [0.4, 0.5) is 0 Å². The zero-order chi connectivity index (χ0) is 14.4. The third-order valence-electron chi connectivity index (χ3n) is 2.27. The number of nitrogens with zero attached hydrogens (tertiary/aromatic N) is 1. The minimum atomic E-state index is -0.438. The SMILES string of the molecule is C/C(N)=C/N(N)CC(C)(C)COCC(C)(C)C=O. The second-order valence-corrected chi connectivity index (χ2v) is 6.31. The highest BCUT2D eigenvalue weighted by molar-refractivity contribution is 5.57. The first-order chi connectivity index (χ1) is 8.08. The second-order valence-electron chi connectivity index (χ2n) is 6.31. The summed E-state index contributed by atoms with van der Waals surface area (Å²) in [5.74, 6) is 5.81. The van der Waals surface area contributed by atoms with Gasteiger partial charge < -0.3 is 20.3 Å². The summed E-state index contributed by atoms with van der Waals surface area (Å²) in [6, 6.07) is 0. The number of hydrazine groups is 1. The molecule has 0 radical (unpaired) electrons. The number of nitrogens with two attached hydrogens (primary N) is 2. The number of rotatable bonds is 8. The van der Waals surface area contributed by atoms with Crippen molar-refractivity contribution in [2.45, 2.75) is 34.6 Å². The summed E-state index contributed by atoms with van der Waals surface area (Å²) in [4.78, 5) is 10.8. The van der Waals surface area contributed by atoms with Gasteiger partial charge in [0.2, 0.25) is 0 Å². The number of aldehydes is 1. The van der Waals surface area contributed by atoms with Crippen molar-refractivity contribution < 1.29 is 9.53 Å². The van der Waals surface area contributed by atoms with E-state index in [1.54, 1.807) is 18.1 Å². The lowest BCUT2D eigenvalue weighted by molar-refractivity contribution is -0.118. The Hall–Kier alpha value is -1.07. The average Bonchev–Trinajstić information content (AvgIpc) is 2.14. The van der Waals surface area contributed by atoms with Gasteiger partial charge in [-0.3, -0.25) is 0 Å². The zero-order valence-corrected chi connectivity index (χ0v) is 12.2. The van der Waals surface area contributed by atoms with Crippen molar-refractivity contribution in [3.05, 3.63) is 11.9 Å². The van der Waals surface area contributed by atoms with Crippen LogP contribution in [0.5, 0.6) is 0 Å². The van der Waals surface area contributed by atoms with Crippen LogP contribution in [0.2, 0.25) is 0 Å². The predicted octanol–water partition coefficient (Wildman–Crippen LogP) is 1.25. The molecule has 5 nitrogen and oxygen atoms in total. The van der Waals surface area contributed by atoms with E-state index < -0.39 is 5.41 Å². The average molecular weight is 257 g/mol. The molecule has 0 unspecified atom stereocenters. The Balaban J connectivity index is 4.16. The van der Waals surface area contributed by atoms with Crippen LogP contribution in [-0.2, 0) is 9.53 Å². The molecule has 106 valence electrons. The molecule has 5 heteroatoms. The van der Waals surface area contributed by atoms with Crippen LogP contribution in [0.1, 0.15) is 34.6 Å². The van der Waals surface area contributed by atoms with Gasteiger partial charge in [0.1, 0.15) is 6.29 Å². The van der Waals surface area contributed by atoms with Crippen LogP contribution in [0.15, 0.2) is 11.9 Å². The third kappa shape index (κ3) is 8.08. The molecule has 0 amide bonds. The molecule has 0 heterocycles. The van der Waals surface area contributed by atoms with Gasteiger partial charge in [0, 0.05) is 29.3 Å². The summed E-state index contributed by atoms with van der Waals surface area (Å²) >= 11 is 0. The minimum absolute atomic E-state index is 0.111. The summed E-state index contributed by atoms with van der Waals surface area (Å²) in [5, 5.41) is 1.56. The highest BCUT2D eigenvalue weighted by atomic mass is 16.5. The second kappa shape index (κ2) is 6.75. The number of carbonyl (C=O) groups is 1. The monoisotopic (exact) mass is 257 g/mol. The number of carbonyl (C=O) groups excluding carboxylic acids is 1. The van der Waals surface area contributed by atoms with E-state index in [4.69, 9.17) is 16.3 Å². The van der Waals surface area contributed by atoms with E-state index in [0.29, 0.717) is 25.5 Å². The van der Waals surface area contributed by atoms with E-state index in [0.717, 1.165) is 6.29 Å². The molecule has 0 bridgehead atoms. The van der Waals surface area contributed by atoms with Crippen LogP contribution in [0, 0.1) is 10.8 Å². The van der Waals surface area contributed by atoms with Gasteiger partial charge in [0.25, 0.3) is 0 Å². The molecule has 0 spiro atoms. The normalized spacial score (nSPS) is 13.6. The first kappa shape index (κ1) is 16.9. The quantitative estimate of drug-likeness (QED) is 0.388.